The maximum atomic E-state index is 12.1. The summed E-state index contributed by atoms with van der Waals surface area (Å²) >= 11 is 5.93. The standard InChI is InChI=1S/C18H14ClN3O/c19-12-7-5-11(6-8-12)16-9-17(22-18(23)21-16)14-10-20-15-4-2-1-3-13(14)15/h1-10,17,20H,(H2,21,22,23). The molecule has 0 fully saturated rings. The largest absolute Gasteiger partial charge is 0.361 e. The molecule has 4 rings (SSSR count). The molecule has 5 heteroatoms. The number of hydrogen-bond acceptors (Lipinski definition) is 1. The number of fused-ring (bicyclic) bond motifs is 1. The summed E-state index contributed by atoms with van der Waals surface area (Å²) in [7, 11) is 0. The number of benzene rings is 2. The average Bonchev–Trinajstić information content (AvgIpc) is 2.99. The number of urea groups is 1. The number of carbonyl (C=O) groups is 1. The Hall–Kier alpha value is -2.72. The van der Waals surface area contributed by atoms with Crippen LogP contribution in [-0.2, 0) is 0 Å². The van der Waals surface area contributed by atoms with Crippen molar-refractivity contribution in [2.24, 2.45) is 0 Å². The van der Waals surface area contributed by atoms with E-state index in [1.165, 1.54) is 0 Å². The zero-order valence-electron chi connectivity index (χ0n) is 12.1. The van der Waals surface area contributed by atoms with Crippen molar-refractivity contribution in [3.05, 3.63) is 77.0 Å². The molecule has 0 bridgehead atoms. The van der Waals surface area contributed by atoms with Crippen molar-refractivity contribution < 1.29 is 4.79 Å². The molecule has 0 radical (unpaired) electrons. The van der Waals surface area contributed by atoms with E-state index >= 15 is 0 Å². The van der Waals surface area contributed by atoms with Gasteiger partial charge in [-0.15, -0.1) is 0 Å². The monoisotopic (exact) mass is 323 g/mol. The topological polar surface area (TPSA) is 56.9 Å². The van der Waals surface area contributed by atoms with Gasteiger partial charge in [-0.1, -0.05) is 41.9 Å². The number of carbonyl (C=O) groups excluding carboxylic acids is 1. The maximum absolute atomic E-state index is 12.1. The van der Waals surface area contributed by atoms with Crippen molar-refractivity contribution in [2.45, 2.75) is 6.04 Å². The Balaban J connectivity index is 1.77. The van der Waals surface area contributed by atoms with Crippen LogP contribution in [0.5, 0.6) is 0 Å². The number of para-hydroxylation sites is 1. The highest BCUT2D eigenvalue weighted by atomic mass is 35.5. The van der Waals surface area contributed by atoms with Crippen LogP contribution >= 0.6 is 11.6 Å². The molecule has 0 saturated carbocycles. The van der Waals surface area contributed by atoms with Crippen LogP contribution < -0.4 is 10.6 Å². The number of hydrogen-bond donors (Lipinski definition) is 3. The highest BCUT2D eigenvalue weighted by Gasteiger charge is 2.22. The minimum absolute atomic E-state index is 0.189. The van der Waals surface area contributed by atoms with Gasteiger partial charge < -0.3 is 15.6 Å². The third kappa shape index (κ3) is 2.58. The van der Waals surface area contributed by atoms with Gasteiger partial charge in [0.15, 0.2) is 0 Å². The molecule has 3 N–H and O–H groups in total. The first kappa shape index (κ1) is 13.9. The second-order valence-electron chi connectivity index (χ2n) is 5.45. The summed E-state index contributed by atoms with van der Waals surface area (Å²) in [5.41, 5.74) is 3.80. The fourth-order valence-electron chi connectivity index (χ4n) is 2.87. The van der Waals surface area contributed by atoms with Gasteiger partial charge >= 0.3 is 6.03 Å². The van der Waals surface area contributed by atoms with E-state index in [2.05, 4.69) is 15.6 Å². The first-order valence-electron chi connectivity index (χ1n) is 7.32. The van der Waals surface area contributed by atoms with Gasteiger partial charge in [-0.25, -0.2) is 4.79 Å². The van der Waals surface area contributed by atoms with Crippen molar-refractivity contribution in [3.8, 4) is 0 Å². The van der Waals surface area contributed by atoms with E-state index in [0.717, 1.165) is 27.7 Å². The SMILES string of the molecule is O=C1NC(c2ccc(Cl)cc2)=CC(c2c[nH]c3ccccc23)N1. The van der Waals surface area contributed by atoms with Crippen LogP contribution in [0.15, 0.2) is 60.8 Å². The minimum atomic E-state index is -0.215. The van der Waals surface area contributed by atoms with Gasteiger partial charge in [0.25, 0.3) is 0 Å². The lowest BCUT2D eigenvalue weighted by molar-refractivity contribution is 0.241. The summed E-state index contributed by atoms with van der Waals surface area (Å²) in [5.74, 6) is 0. The van der Waals surface area contributed by atoms with Crippen LogP contribution in [0.1, 0.15) is 17.2 Å². The van der Waals surface area contributed by atoms with E-state index in [0.29, 0.717) is 5.02 Å². The second kappa shape index (κ2) is 5.48. The Morgan fingerprint density at radius 3 is 2.61 bits per heavy atom. The van der Waals surface area contributed by atoms with Crippen LogP contribution in [0.2, 0.25) is 5.02 Å². The first-order valence-corrected chi connectivity index (χ1v) is 7.70. The first-order chi connectivity index (χ1) is 11.2. The Labute approximate surface area is 138 Å². The summed E-state index contributed by atoms with van der Waals surface area (Å²) in [5, 5.41) is 7.57. The van der Waals surface area contributed by atoms with Crippen molar-refractivity contribution in [1.29, 1.82) is 0 Å². The summed E-state index contributed by atoms with van der Waals surface area (Å²) in [4.78, 5) is 15.3. The number of amides is 2. The number of aromatic nitrogens is 1. The van der Waals surface area contributed by atoms with Crippen molar-refractivity contribution in [2.75, 3.05) is 0 Å². The van der Waals surface area contributed by atoms with E-state index in [4.69, 9.17) is 11.6 Å². The molecule has 1 unspecified atom stereocenters. The van der Waals surface area contributed by atoms with Gasteiger partial charge in [0.1, 0.15) is 0 Å². The molecule has 0 saturated heterocycles. The molecule has 4 nitrogen and oxygen atoms in total. The molecule has 1 atom stereocenters. The average molecular weight is 324 g/mol. The third-order valence-corrected chi connectivity index (χ3v) is 4.23. The molecule has 3 aromatic rings. The van der Waals surface area contributed by atoms with Gasteiger partial charge in [0.05, 0.1) is 6.04 Å². The minimum Gasteiger partial charge on any atom is -0.361 e. The quantitative estimate of drug-likeness (QED) is 0.650. The van der Waals surface area contributed by atoms with Gasteiger partial charge in [0, 0.05) is 33.4 Å². The van der Waals surface area contributed by atoms with Gasteiger partial charge in [-0.3, -0.25) is 0 Å². The molecular formula is C18H14ClN3O. The second-order valence-corrected chi connectivity index (χ2v) is 5.89. The Bertz CT molecular complexity index is 911. The Kier molecular flexibility index (Phi) is 3.32. The summed E-state index contributed by atoms with van der Waals surface area (Å²) < 4.78 is 0. The predicted molar refractivity (Wildman–Crippen MR) is 92.1 cm³/mol. The molecule has 2 aromatic carbocycles. The lowest BCUT2D eigenvalue weighted by Crippen LogP contribution is -2.40. The van der Waals surface area contributed by atoms with Gasteiger partial charge in [0.2, 0.25) is 0 Å². The summed E-state index contributed by atoms with van der Waals surface area (Å²) in [6.07, 6.45) is 3.96. The van der Waals surface area contributed by atoms with Crippen LogP contribution in [0.4, 0.5) is 4.79 Å². The smallest absolute Gasteiger partial charge is 0.319 e. The Morgan fingerprint density at radius 1 is 1.00 bits per heavy atom. The zero-order chi connectivity index (χ0) is 15.8. The van der Waals surface area contributed by atoms with E-state index in [1.54, 1.807) is 0 Å². The lowest BCUT2D eigenvalue weighted by Gasteiger charge is -2.23. The van der Waals surface area contributed by atoms with Crippen LogP contribution in [0, 0.1) is 0 Å². The number of halogens is 1. The van der Waals surface area contributed by atoms with Crippen LogP contribution in [0.25, 0.3) is 16.6 Å². The maximum Gasteiger partial charge on any atom is 0.319 e. The highest BCUT2D eigenvalue weighted by molar-refractivity contribution is 6.30. The van der Waals surface area contributed by atoms with Crippen LogP contribution in [0.3, 0.4) is 0 Å². The van der Waals surface area contributed by atoms with E-state index in [9.17, 15) is 4.79 Å². The molecule has 0 spiro atoms. The van der Waals surface area contributed by atoms with Crippen molar-refractivity contribution >= 4 is 34.2 Å². The number of aromatic amines is 1. The fraction of sp³-hybridized carbons (Fsp3) is 0.0556. The van der Waals surface area contributed by atoms with Crippen molar-refractivity contribution in [3.63, 3.8) is 0 Å². The lowest BCUT2D eigenvalue weighted by atomic mass is 10.0. The molecule has 114 valence electrons. The predicted octanol–water partition coefficient (Wildman–Crippen LogP) is 4.22. The molecule has 23 heavy (non-hydrogen) atoms. The molecule has 1 aliphatic rings. The van der Waals surface area contributed by atoms with E-state index in [-0.39, 0.29) is 12.1 Å². The molecule has 2 amide bonds. The fourth-order valence-corrected chi connectivity index (χ4v) is 2.99. The van der Waals surface area contributed by atoms with E-state index < -0.39 is 0 Å². The zero-order valence-corrected chi connectivity index (χ0v) is 12.9. The van der Waals surface area contributed by atoms with Crippen molar-refractivity contribution in [1.82, 2.24) is 15.6 Å². The molecule has 1 aliphatic heterocycles. The highest BCUT2D eigenvalue weighted by Crippen LogP contribution is 2.29. The van der Waals surface area contributed by atoms with Crippen LogP contribution in [-0.4, -0.2) is 11.0 Å². The van der Waals surface area contributed by atoms with Gasteiger partial charge in [-0.2, -0.15) is 0 Å². The summed E-state index contributed by atoms with van der Waals surface area (Å²) in [6, 6.07) is 15.1. The summed E-state index contributed by atoms with van der Waals surface area (Å²) in [6.45, 7) is 0. The number of rotatable bonds is 2. The molecule has 0 aliphatic carbocycles. The third-order valence-electron chi connectivity index (χ3n) is 3.98. The molecular weight excluding hydrogens is 310 g/mol. The number of nitrogens with one attached hydrogen (secondary N) is 3. The Morgan fingerprint density at radius 2 is 1.78 bits per heavy atom. The molecule has 2 heterocycles. The molecule has 1 aromatic heterocycles. The van der Waals surface area contributed by atoms with Gasteiger partial charge in [-0.05, 0) is 29.8 Å². The van der Waals surface area contributed by atoms with E-state index in [1.807, 2.05) is 60.8 Å². The normalized spacial score (nSPS) is 17.5. The number of H-pyrrole nitrogens is 1.